The van der Waals surface area contributed by atoms with Crippen LogP contribution in [0, 0.1) is 0 Å². The van der Waals surface area contributed by atoms with Gasteiger partial charge in [-0.1, -0.05) is 96.6 Å². The Morgan fingerprint density at radius 3 is 1.91 bits per heavy atom. The molecule has 0 saturated carbocycles. The summed E-state index contributed by atoms with van der Waals surface area (Å²) in [6.45, 7) is 4.55. The Kier molecular flexibility index (Phi) is 12.8. The molecule has 1 heterocycles. The maximum absolute atomic E-state index is 5.77. The molecule has 0 unspecified atom stereocenters. The fourth-order valence-corrected chi connectivity index (χ4v) is 3.16. The smallest absolute Gasteiger partial charge is 0.0876 e. The summed E-state index contributed by atoms with van der Waals surface area (Å²) in [6, 6.07) is 0. The molecule has 0 spiro atoms. The fourth-order valence-electron chi connectivity index (χ4n) is 3.16. The highest BCUT2D eigenvalue weighted by atomic mass is 16.6. The predicted molar refractivity (Wildman–Crippen MR) is 98.4 cm³/mol. The van der Waals surface area contributed by atoms with Crippen molar-refractivity contribution in [1.29, 1.82) is 0 Å². The summed E-state index contributed by atoms with van der Waals surface area (Å²) in [4.78, 5) is 0. The van der Waals surface area contributed by atoms with E-state index in [1.807, 2.05) is 0 Å². The lowest BCUT2D eigenvalue weighted by atomic mass is 10.0. The van der Waals surface area contributed by atoms with Crippen LogP contribution in [0.1, 0.15) is 110 Å². The third kappa shape index (κ3) is 11.3. The lowest BCUT2D eigenvalue weighted by Crippen LogP contribution is -1.93. The van der Waals surface area contributed by atoms with E-state index in [1.54, 1.807) is 0 Å². The van der Waals surface area contributed by atoms with Gasteiger partial charge in [0.05, 0.1) is 12.2 Å². The molecule has 0 aliphatic carbocycles. The van der Waals surface area contributed by atoms with E-state index in [4.69, 9.17) is 4.74 Å². The Morgan fingerprint density at radius 1 is 0.636 bits per heavy atom. The second-order valence-corrected chi connectivity index (χ2v) is 7.03. The van der Waals surface area contributed by atoms with E-state index in [-0.39, 0.29) is 0 Å². The minimum Gasteiger partial charge on any atom is -0.369 e. The van der Waals surface area contributed by atoms with Crippen molar-refractivity contribution in [3.8, 4) is 0 Å². The van der Waals surface area contributed by atoms with Gasteiger partial charge in [-0.2, -0.15) is 0 Å². The lowest BCUT2D eigenvalue weighted by Gasteiger charge is -2.01. The minimum atomic E-state index is 0.552. The Morgan fingerprint density at radius 2 is 1.23 bits per heavy atom. The van der Waals surface area contributed by atoms with Gasteiger partial charge in [-0.25, -0.2) is 0 Å². The van der Waals surface area contributed by atoms with Crippen molar-refractivity contribution in [2.75, 3.05) is 0 Å². The zero-order valence-electron chi connectivity index (χ0n) is 15.3. The van der Waals surface area contributed by atoms with E-state index >= 15 is 0 Å². The maximum Gasteiger partial charge on any atom is 0.0876 e. The van der Waals surface area contributed by atoms with Gasteiger partial charge >= 0.3 is 0 Å². The van der Waals surface area contributed by atoms with Crippen LogP contribution in [0.3, 0.4) is 0 Å². The Bertz CT molecular complexity index is 259. The summed E-state index contributed by atoms with van der Waals surface area (Å²) in [5.74, 6) is 0. The maximum atomic E-state index is 5.77. The first-order chi connectivity index (χ1) is 10.9. The number of allylic oxidation sites excluding steroid dienone is 1. The summed E-state index contributed by atoms with van der Waals surface area (Å²) in [5.41, 5.74) is 0. The topological polar surface area (TPSA) is 12.5 Å². The van der Waals surface area contributed by atoms with Gasteiger partial charge in [0.25, 0.3) is 0 Å². The zero-order chi connectivity index (χ0) is 15.9. The first-order valence-corrected chi connectivity index (χ1v) is 10.2. The third-order valence-electron chi connectivity index (χ3n) is 4.79. The van der Waals surface area contributed by atoms with Crippen molar-refractivity contribution in [3.05, 3.63) is 12.2 Å². The highest BCUT2D eigenvalue weighted by molar-refractivity contribution is 4.93. The standard InChI is InChI=1S/C21H40O/c1-3-5-7-9-11-12-13-15-17-19-21-20(22-21)18-16-14-10-8-6-4-2/h14,16,20-21H,3-13,15,17-19H2,1-2H3/b16-14-/t20-,21+/m0/s1. The summed E-state index contributed by atoms with van der Waals surface area (Å²) in [6.07, 6.45) is 26.4. The Labute approximate surface area is 139 Å². The summed E-state index contributed by atoms with van der Waals surface area (Å²) < 4.78 is 5.77. The lowest BCUT2D eigenvalue weighted by molar-refractivity contribution is 0.358. The van der Waals surface area contributed by atoms with E-state index in [9.17, 15) is 0 Å². The van der Waals surface area contributed by atoms with E-state index < -0.39 is 0 Å². The summed E-state index contributed by atoms with van der Waals surface area (Å²) in [7, 11) is 0. The van der Waals surface area contributed by atoms with Crippen LogP contribution in [0.2, 0.25) is 0 Å². The molecular weight excluding hydrogens is 268 g/mol. The van der Waals surface area contributed by atoms with Crippen molar-refractivity contribution in [3.63, 3.8) is 0 Å². The van der Waals surface area contributed by atoms with Crippen molar-refractivity contribution in [2.24, 2.45) is 0 Å². The van der Waals surface area contributed by atoms with Crippen molar-refractivity contribution < 1.29 is 4.74 Å². The van der Waals surface area contributed by atoms with Gasteiger partial charge in [0.2, 0.25) is 0 Å². The Hall–Kier alpha value is -0.300. The molecule has 1 nitrogen and oxygen atoms in total. The number of epoxide rings is 1. The molecule has 1 aliphatic rings. The normalized spacial score (nSPS) is 20.8. The monoisotopic (exact) mass is 308 g/mol. The molecule has 1 saturated heterocycles. The van der Waals surface area contributed by atoms with Crippen LogP contribution in [0.25, 0.3) is 0 Å². The van der Waals surface area contributed by atoms with Crippen LogP contribution in [0.4, 0.5) is 0 Å². The van der Waals surface area contributed by atoms with Gasteiger partial charge in [0.1, 0.15) is 0 Å². The highest BCUT2D eigenvalue weighted by Gasteiger charge is 2.36. The van der Waals surface area contributed by atoms with E-state index in [1.165, 1.54) is 89.9 Å². The second-order valence-electron chi connectivity index (χ2n) is 7.03. The van der Waals surface area contributed by atoms with E-state index in [0.29, 0.717) is 12.2 Å². The van der Waals surface area contributed by atoms with Crippen molar-refractivity contribution >= 4 is 0 Å². The predicted octanol–water partition coefficient (Wildman–Crippen LogP) is 7.20. The number of ether oxygens (including phenoxy) is 1. The van der Waals surface area contributed by atoms with Crippen LogP contribution in [0.15, 0.2) is 12.2 Å². The quantitative estimate of drug-likeness (QED) is 0.167. The van der Waals surface area contributed by atoms with Crippen LogP contribution < -0.4 is 0 Å². The molecule has 130 valence electrons. The van der Waals surface area contributed by atoms with Crippen LogP contribution in [0.5, 0.6) is 0 Å². The molecule has 0 aromatic carbocycles. The van der Waals surface area contributed by atoms with Crippen LogP contribution in [-0.4, -0.2) is 12.2 Å². The first kappa shape index (κ1) is 19.7. The minimum absolute atomic E-state index is 0.552. The zero-order valence-corrected chi connectivity index (χ0v) is 15.3. The molecule has 2 atom stereocenters. The SMILES string of the molecule is CCCCC/C=C\C[C@@H]1O[C@@H]1CCCCCCCCCCC. The first-order valence-electron chi connectivity index (χ1n) is 10.2. The molecule has 22 heavy (non-hydrogen) atoms. The van der Waals surface area contributed by atoms with Gasteiger partial charge in [-0.05, 0) is 25.7 Å². The van der Waals surface area contributed by atoms with Gasteiger partial charge < -0.3 is 4.74 Å². The van der Waals surface area contributed by atoms with Gasteiger partial charge in [0, 0.05) is 0 Å². The largest absolute Gasteiger partial charge is 0.369 e. The molecule has 1 fully saturated rings. The average Bonchev–Trinajstić information content (AvgIpc) is 3.27. The molecule has 0 aromatic heterocycles. The number of unbranched alkanes of at least 4 members (excludes halogenated alkanes) is 11. The molecule has 0 amide bonds. The van der Waals surface area contributed by atoms with Gasteiger partial charge in [0.15, 0.2) is 0 Å². The molecule has 0 aromatic rings. The molecule has 1 heteroatoms. The number of hydrogen-bond donors (Lipinski definition) is 0. The molecule has 0 radical (unpaired) electrons. The van der Waals surface area contributed by atoms with Gasteiger partial charge in [-0.15, -0.1) is 0 Å². The van der Waals surface area contributed by atoms with Crippen molar-refractivity contribution in [1.82, 2.24) is 0 Å². The molecule has 1 aliphatic heterocycles. The molecule has 0 N–H and O–H groups in total. The Balaban J connectivity index is 1.78. The molecule has 0 bridgehead atoms. The summed E-state index contributed by atoms with van der Waals surface area (Å²) in [5, 5.41) is 0. The van der Waals surface area contributed by atoms with Crippen LogP contribution in [-0.2, 0) is 4.74 Å². The fraction of sp³-hybridized carbons (Fsp3) is 0.905. The number of hydrogen-bond acceptors (Lipinski definition) is 1. The van der Waals surface area contributed by atoms with Crippen molar-refractivity contribution in [2.45, 2.75) is 122 Å². The molecule has 1 rings (SSSR count). The van der Waals surface area contributed by atoms with E-state index in [2.05, 4.69) is 26.0 Å². The average molecular weight is 309 g/mol. The molecular formula is C21H40O. The summed E-state index contributed by atoms with van der Waals surface area (Å²) >= 11 is 0. The second kappa shape index (κ2) is 14.3. The third-order valence-corrected chi connectivity index (χ3v) is 4.79. The number of rotatable bonds is 16. The van der Waals surface area contributed by atoms with Gasteiger partial charge in [-0.3, -0.25) is 0 Å². The highest BCUT2D eigenvalue weighted by Crippen LogP contribution is 2.30. The van der Waals surface area contributed by atoms with Crippen LogP contribution >= 0.6 is 0 Å². The van der Waals surface area contributed by atoms with E-state index in [0.717, 1.165) is 6.42 Å².